The van der Waals surface area contributed by atoms with Crippen LogP contribution >= 0.6 is 0 Å². The van der Waals surface area contributed by atoms with E-state index in [1.165, 1.54) is 0 Å². The van der Waals surface area contributed by atoms with E-state index in [4.69, 9.17) is 4.74 Å². The van der Waals surface area contributed by atoms with Gasteiger partial charge >= 0.3 is 5.97 Å². The second kappa shape index (κ2) is 3.77. The van der Waals surface area contributed by atoms with Crippen molar-refractivity contribution in [3.63, 3.8) is 0 Å². The minimum Gasteiger partial charge on any atom is -0.459 e. The summed E-state index contributed by atoms with van der Waals surface area (Å²) < 4.78 is 5.11. The summed E-state index contributed by atoms with van der Waals surface area (Å²) in [5.41, 5.74) is 0.593. The standard InChI is InChI=1S/C12H13NO2/c1-8(2)15-12(14)9-3-4-10-6-13-7-11(10)5-9/h3-8,13H,1-2H3. The van der Waals surface area contributed by atoms with Crippen molar-refractivity contribution >= 4 is 16.7 Å². The fraction of sp³-hybridized carbons (Fsp3) is 0.250. The van der Waals surface area contributed by atoms with Crippen molar-refractivity contribution in [2.75, 3.05) is 0 Å². The Labute approximate surface area is 88.1 Å². The van der Waals surface area contributed by atoms with Gasteiger partial charge in [-0.3, -0.25) is 0 Å². The van der Waals surface area contributed by atoms with E-state index in [1.807, 2.05) is 38.4 Å². The molecule has 3 heteroatoms. The largest absolute Gasteiger partial charge is 0.459 e. The summed E-state index contributed by atoms with van der Waals surface area (Å²) in [6, 6.07) is 5.51. The van der Waals surface area contributed by atoms with Crippen LogP contribution in [0, 0.1) is 0 Å². The lowest BCUT2D eigenvalue weighted by molar-refractivity contribution is 0.0378. The molecule has 78 valence electrons. The molecular weight excluding hydrogens is 190 g/mol. The maximum Gasteiger partial charge on any atom is 0.338 e. The number of carbonyl (C=O) groups excluding carboxylic acids is 1. The van der Waals surface area contributed by atoms with Gasteiger partial charge in [0.05, 0.1) is 11.7 Å². The third kappa shape index (κ3) is 2.01. The number of esters is 1. The van der Waals surface area contributed by atoms with Crippen molar-refractivity contribution in [1.82, 2.24) is 4.98 Å². The first kappa shape index (κ1) is 9.77. The molecule has 0 spiro atoms. The fourth-order valence-corrected chi connectivity index (χ4v) is 1.46. The van der Waals surface area contributed by atoms with Crippen LogP contribution in [-0.2, 0) is 4.74 Å². The Morgan fingerprint density at radius 2 is 2.00 bits per heavy atom. The maximum atomic E-state index is 11.6. The normalized spacial score (nSPS) is 10.9. The monoisotopic (exact) mass is 203 g/mol. The van der Waals surface area contributed by atoms with Gasteiger partial charge in [0.15, 0.2) is 0 Å². The molecule has 1 N–H and O–H groups in total. The molecule has 2 aromatic rings. The Morgan fingerprint density at radius 1 is 1.27 bits per heavy atom. The second-order valence-electron chi connectivity index (χ2n) is 3.75. The Kier molecular flexibility index (Phi) is 2.46. The zero-order valence-electron chi connectivity index (χ0n) is 8.78. The Bertz CT molecular complexity index is 485. The highest BCUT2D eigenvalue weighted by Gasteiger charge is 2.09. The molecule has 1 heterocycles. The number of nitrogens with one attached hydrogen (secondary N) is 1. The number of hydrogen-bond donors (Lipinski definition) is 1. The van der Waals surface area contributed by atoms with Gasteiger partial charge < -0.3 is 9.72 Å². The van der Waals surface area contributed by atoms with Gasteiger partial charge in [0, 0.05) is 12.4 Å². The van der Waals surface area contributed by atoms with Crippen LogP contribution in [0.2, 0.25) is 0 Å². The van der Waals surface area contributed by atoms with Gasteiger partial charge in [-0.2, -0.15) is 0 Å². The smallest absolute Gasteiger partial charge is 0.338 e. The summed E-state index contributed by atoms with van der Waals surface area (Å²) in [4.78, 5) is 14.6. The molecule has 0 aliphatic carbocycles. The van der Waals surface area contributed by atoms with Gasteiger partial charge in [-0.1, -0.05) is 6.07 Å². The van der Waals surface area contributed by atoms with Gasteiger partial charge in [-0.05, 0) is 36.8 Å². The molecule has 0 aliphatic rings. The Hall–Kier alpha value is -1.77. The number of rotatable bonds is 2. The first-order valence-electron chi connectivity index (χ1n) is 4.94. The molecule has 0 saturated carbocycles. The van der Waals surface area contributed by atoms with E-state index in [0.717, 1.165) is 10.8 Å². The van der Waals surface area contributed by atoms with E-state index in [1.54, 1.807) is 6.07 Å². The summed E-state index contributed by atoms with van der Waals surface area (Å²) in [7, 11) is 0. The number of carbonyl (C=O) groups is 1. The molecule has 3 nitrogen and oxygen atoms in total. The molecule has 0 unspecified atom stereocenters. The lowest BCUT2D eigenvalue weighted by Gasteiger charge is -2.07. The van der Waals surface area contributed by atoms with Crippen LogP contribution in [0.15, 0.2) is 30.6 Å². The van der Waals surface area contributed by atoms with Crippen LogP contribution in [0.4, 0.5) is 0 Å². The zero-order chi connectivity index (χ0) is 10.8. The Morgan fingerprint density at radius 3 is 2.73 bits per heavy atom. The van der Waals surface area contributed by atoms with Crippen molar-refractivity contribution in [2.45, 2.75) is 20.0 Å². The SMILES string of the molecule is CC(C)OC(=O)c1ccc2c[nH]cc2c1. The lowest BCUT2D eigenvalue weighted by Crippen LogP contribution is -2.11. The van der Waals surface area contributed by atoms with Crippen LogP contribution in [0.5, 0.6) is 0 Å². The highest BCUT2D eigenvalue weighted by Crippen LogP contribution is 2.16. The molecule has 1 aromatic heterocycles. The molecule has 2 rings (SSSR count). The second-order valence-corrected chi connectivity index (χ2v) is 3.75. The van der Waals surface area contributed by atoms with Crippen molar-refractivity contribution < 1.29 is 9.53 Å². The molecule has 15 heavy (non-hydrogen) atoms. The minimum absolute atomic E-state index is 0.0839. The molecular formula is C12H13NO2. The first-order valence-corrected chi connectivity index (χ1v) is 4.94. The molecule has 0 amide bonds. The fourth-order valence-electron chi connectivity index (χ4n) is 1.46. The van der Waals surface area contributed by atoms with E-state index in [2.05, 4.69) is 4.98 Å². The number of hydrogen-bond acceptors (Lipinski definition) is 2. The number of H-pyrrole nitrogens is 1. The highest BCUT2D eigenvalue weighted by atomic mass is 16.5. The molecule has 1 aromatic carbocycles. The Balaban J connectivity index is 2.31. The van der Waals surface area contributed by atoms with Gasteiger partial charge in [0.1, 0.15) is 0 Å². The summed E-state index contributed by atoms with van der Waals surface area (Å²) >= 11 is 0. The predicted molar refractivity (Wildman–Crippen MR) is 58.9 cm³/mol. The number of ether oxygens (including phenoxy) is 1. The van der Waals surface area contributed by atoms with Crippen molar-refractivity contribution in [3.05, 3.63) is 36.2 Å². The predicted octanol–water partition coefficient (Wildman–Crippen LogP) is 2.73. The van der Waals surface area contributed by atoms with Crippen LogP contribution in [0.1, 0.15) is 24.2 Å². The van der Waals surface area contributed by atoms with Crippen molar-refractivity contribution in [3.8, 4) is 0 Å². The molecule has 0 bridgehead atoms. The van der Waals surface area contributed by atoms with Gasteiger partial charge in [-0.15, -0.1) is 0 Å². The van der Waals surface area contributed by atoms with Gasteiger partial charge in [0.2, 0.25) is 0 Å². The number of aromatic amines is 1. The number of fused-ring (bicyclic) bond motifs is 1. The van der Waals surface area contributed by atoms with Crippen molar-refractivity contribution in [2.24, 2.45) is 0 Å². The quantitative estimate of drug-likeness (QED) is 0.762. The van der Waals surface area contributed by atoms with Crippen LogP contribution in [-0.4, -0.2) is 17.1 Å². The van der Waals surface area contributed by atoms with Gasteiger partial charge in [0.25, 0.3) is 0 Å². The summed E-state index contributed by atoms with van der Waals surface area (Å²) in [6.45, 7) is 3.68. The van der Waals surface area contributed by atoms with Crippen LogP contribution < -0.4 is 0 Å². The van der Waals surface area contributed by atoms with Gasteiger partial charge in [-0.25, -0.2) is 4.79 Å². The molecule has 0 fully saturated rings. The number of aromatic nitrogens is 1. The van der Waals surface area contributed by atoms with E-state index >= 15 is 0 Å². The topological polar surface area (TPSA) is 42.1 Å². The summed E-state index contributed by atoms with van der Waals surface area (Å²) in [5.74, 6) is -0.270. The third-order valence-corrected chi connectivity index (χ3v) is 2.14. The lowest BCUT2D eigenvalue weighted by atomic mass is 10.1. The first-order chi connectivity index (χ1) is 7.16. The van der Waals surface area contributed by atoms with Crippen LogP contribution in [0.3, 0.4) is 0 Å². The van der Waals surface area contributed by atoms with E-state index < -0.39 is 0 Å². The average molecular weight is 203 g/mol. The van der Waals surface area contributed by atoms with Crippen LogP contribution in [0.25, 0.3) is 10.8 Å². The summed E-state index contributed by atoms with van der Waals surface area (Å²) in [5, 5.41) is 2.12. The number of benzene rings is 1. The average Bonchev–Trinajstić information content (AvgIpc) is 2.62. The zero-order valence-corrected chi connectivity index (χ0v) is 8.78. The van der Waals surface area contributed by atoms with Crippen molar-refractivity contribution in [1.29, 1.82) is 0 Å². The molecule has 0 atom stereocenters. The molecule has 0 saturated heterocycles. The van der Waals surface area contributed by atoms with E-state index in [-0.39, 0.29) is 12.1 Å². The highest BCUT2D eigenvalue weighted by molar-refractivity contribution is 5.95. The third-order valence-electron chi connectivity index (χ3n) is 2.14. The van der Waals surface area contributed by atoms with E-state index in [9.17, 15) is 4.79 Å². The molecule has 0 aliphatic heterocycles. The minimum atomic E-state index is -0.270. The molecule has 0 radical (unpaired) electrons. The maximum absolute atomic E-state index is 11.6. The summed E-state index contributed by atoms with van der Waals surface area (Å²) in [6.07, 6.45) is 3.67. The van der Waals surface area contributed by atoms with E-state index in [0.29, 0.717) is 5.56 Å².